The predicted molar refractivity (Wildman–Crippen MR) is 52.7 cm³/mol. The van der Waals surface area contributed by atoms with Gasteiger partial charge in [-0.3, -0.25) is 0 Å². The first kappa shape index (κ1) is 9.99. The molecule has 0 spiro atoms. The Morgan fingerprint density at radius 3 is 2.77 bits per heavy atom. The van der Waals surface area contributed by atoms with Crippen molar-refractivity contribution in [1.82, 2.24) is 4.98 Å². The van der Waals surface area contributed by atoms with Gasteiger partial charge in [-0.25, -0.2) is 4.98 Å². The molecule has 0 aliphatic heterocycles. The maximum atomic E-state index is 5.90. The second kappa shape index (κ2) is 4.23. The largest absolute Gasteiger partial charge is 0.481 e. The fraction of sp³-hybridized carbons (Fsp3) is 0.500. The van der Waals surface area contributed by atoms with Crippen molar-refractivity contribution < 1.29 is 4.74 Å². The number of pyridine rings is 1. The minimum atomic E-state index is 0.0167. The molecule has 0 aliphatic carbocycles. The molecule has 0 saturated carbocycles. The fourth-order valence-corrected chi connectivity index (χ4v) is 1.21. The van der Waals surface area contributed by atoms with E-state index in [4.69, 9.17) is 10.5 Å². The van der Waals surface area contributed by atoms with Gasteiger partial charge in [0.2, 0.25) is 5.88 Å². The maximum Gasteiger partial charge on any atom is 0.218 e. The van der Waals surface area contributed by atoms with Gasteiger partial charge in [0.15, 0.2) is 0 Å². The predicted octanol–water partition coefficient (Wildman–Crippen LogP) is 1.81. The number of hydrogen-bond acceptors (Lipinski definition) is 3. The average molecular weight is 180 g/mol. The van der Waals surface area contributed by atoms with Gasteiger partial charge in [0.1, 0.15) is 0 Å². The van der Waals surface area contributed by atoms with Gasteiger partial charge in [0.25, 0.3) is 0 Å². The van der Waals surface area contributed by atoms with Gasteiger partial charge in [-0.05, 0) is 19.4 Å². The third-order valence-electron chi connectivity index (χ3n) is 2.06. The van der Waals surface area contributed by atoms with Crippen LogP contribution in [0.15, 0.2) is 12.1 Å². The number of hydrogen-bond donors (Lipinski definition) is 1. The average Bonchev–Trinajstić information content (AvgIpc) is 2.16. The molecule has 1 atom stereocenters. The zero-order chi connectivity index (χ0) is 9.84. The van der Waals surface area contributed by atoms with Crippen LogP contribution in [0.25, 0.3) is 0 Å². The lowest BCUT2D eigenvalue weighted by atomic mass is 10.1. The van der Waals surface area contributed by atoms with Crippen molar-refractivity contribution in [3.8, 4) is 5.88 Å². The molecule has 72 valence electrons. The van der Waals surface area contributed by atoms with E-state index in [1.165, 1.54) is 0 Å². The Hall–Kier alpha value is -1.09. The quantitative estimate of drug-likeness (QED) is 0.771. The number of nitrogens with zero attached hydrogens (tertiary/aromatic N) is 1. The summed E-state index contributed by atoms with van der Waals surface area (Å²) in [5.74, 6) is 0.648. The number of aryl methyl sites for hydroxylation is 1. The van der Waals surface area contributed by atoms with Gasteiger partial charge in [-0.15, -0.1) is 0 Å². The summed E-state index contributed by atoms with van der Waals surface area (Å²) in [6, 6.07) is 3.95. The molecule has 0 aromatic carbocycles. The topological polar surface area (TPSA) is 48.1 Å². The van der Waals surface area contributed by atoms with Crippen LogP contribution in [0.4, 0.5) is 0 Å². The Labute approximate surface area is 78.9 Å². The molecule has 1 aromatic rings. The van der Waals surface area contributed by atoms with Crippen molar-refractivity contribution in [2.24, 2.45) is 5.73 Å². The molecule has 13 heavy (non-hydrogen) atoms. The second-order valence-corrected chi connectivity index (χ2v) is 3.07. The van der Waals surface area contributed by atoms with Crippen LogP contribution in [-0.2, 0) is 0 Å². The molecule has 0 bridgehead atoms. The van der Waals surface area contributed by atoms with Crippen molar-refractivity contribution in [1.29, 1.82) is 0 Å². The van der Waals surface area contributed by atoms with Crippen LogP contribution in [-0.4, -0.2) is 12.1 Å². The molecule has 2 N–H and O–H groups in total. The molecule has 1 heterocycles. The highest BCUT2D eigenvalue weighted by molar-refractivity contribution is 5.30. The zero-order valence-corrected chi connectivity index (χ0v) is 8.37. The molecule has 3 nitrogen and oxygen atoms in total. The summed E-state index contributed by atoms with van der Waals surface area (Å²) in [7, 11) is 1.62. The molecule has 3 heteroatoms. The lowest BCUT2D eigenvalue weighted by Gasteiger charge is -2.12. The van der Waals surface area contributed by atoms with Crippen LogP contribution in [0, 0.1) is 6.92 Å². The first-order chi connectivity index (χ1) is 6.19. The normalized spacial score (nSPS) is 12.6. The molecule has 0 saturated heterocycles. The fourth-order valence-electron chi connectivity index (χ4n) is 1.21. The monoisotopic (exact) mass is 180 g/mol. The Kier molecular flexibility index (Phi) is 3.25. The highest BCUT2D eigenvalue weighted by Crippen LogP contribution is 2.23. The van der Waals surface area contributed by atoms with Gasteiger partial charge in [-0.1, -0.05) is 13.0 Å². The van der Waals surface area contributed by atoms with Gasteiger partial charge in [0.05, 0.1) is 7.11 Å². The third kappa shape index (κ3) is 2.18. The van der Waals surface area contributed by atoms with Crippen molar-refractivity contribution in [2.45, 2.75) is 26.3 Å². The number of aromatic nitrogens is 1. The molecular weight excluding hydrogens is 164 g/mol. The standard InChI is InChI=1S/C10H16N2O/c1-4-9(11)8-6-5-7(2)12-10(8)13-3/h5-6,9H,4,11H2,1-3H3. The molecular formula is C10H16N2O. The molecule has 1 unspecified atom stereocenters. The summed E-state index contributed by atoms with van der Waals surface area (Å²) in [5.41, 5.74) is 7.83. The number of ether oxygens (including phenoxy) is 1. The Bertz CT molecular complexity index is 286. The smallest absolute Gasteiger partial charge is 0.218 e. The van der Waals surface area contributed by atoms with Crippen LogP contribution >= 0.6 is 0 Å². The third-order valence-corrected chi connectivity index (χ3v) is 2.06. The van der Waals surface area contributed by atoms with Gasteiger partial charge in [0, 0.05) is 17.3 Å². The van der Waals surface area contributed by atoms with Crippen LogP contribution < -0.4 is 10.5 Å². The van der Waals surface area contributed by atoms with Crippen LogP contribution in [0.1, 0.15) is 30.6 Å². The molecule has 1 aromatic heterocycles. The van der Waals surface area contributed by atoms with E-state index in [-0.39, 0.29) is 6.04 Å². The van der Waals surface area contributed by atoms with Crippen molar-refractivity contribution in [2.75, 3.05) is 7.11 Å². The summed E-state index contributed by atoms with van der Waals surface area (Å²) in [4.78, 5) is 4.26. The Morgan fingerprint density at radius 2 is 2.23 bits per heavy atom. The van der Waals surface area contributed by atoms with Crippen LogP contribution in [0.3, 0.4) is 0 Å². The number of methoxy groups -OCH3 is 1. The number of nitrogens with two attached hydrogens (primary N) is 1. The van der Waals surface area contributed by atoms with E-state index in [2.05, 4.69) is 4.98 Å². The minimum Gasteiger partial charge on any atom is -0.481 e. The summed E-state index contributed by atoms with van der Waals surface area (Å²) in [6.45, 7) is 3.98. The van der Waals surface area contributed by atoms with E-state index in [1.54, 1.807) is 7.11 Å². The molecule has 0 aliphatic rings. The summed E-state index contributed by atoms with van der Waals surface area (Å²) >= 11 is 0. The van der Waals surface area contributed by atoms with E-state index in [0.717, 1.165) is 17.7 Å². The molecule has 0 radical (unpaired) electrons. The summed E-state index contributed by atoms with van der Waals surface area (Å²) in [5, 5.41) is 0. The number of rotatable bonds is 3. The molecule has 1 rings (SSSR count). The van der Waals surface area contributed by atoms with E-state index in [9.17, 15) is 0 Å². The lowest BCUT2D eigenvalue weighted by molar-refractivity contribution is 0.387. The van der Waals surface area contributed by atoms with Crippen molar-refractivity contribution in [3.63, 3.8) is 0 Å². The van der Waals surface area contributed by atoms with Crippen molar-refractivity contribution >= 4 is 0 Å². The van der Waals surface area contributed by atoms with E-state index < -0.39 is 0 Å². The Balaban J connectivity index is 3.05. The van der Waals surface area contributed by atoms with E-state index >= 15 is 0 Å². The van der Waals surface area contributed by atoms with E-state index in [0.29, 0.717) is 5.88 Å². The Morgan fingerprint density at radius 1 is 1.54 bits per heavy atom. The highest BCUT2D eigenvalue weighted by atomic mass is 16.5. The first-order valence-electron chi connectivity index (χ1n) is 4.46. The minimum absolute atomic E-state index is 0.0167. The lowest BCUT2D eigenvalue weighted by Crippen LogP contribution is -2.11. The highest BCUT2D eigenvalue weighted by Gasteiger charge is 2.10. The second-order valence-electron chi connectivity index (χ2n) is 3.07. The summed E-state index contributed by atoms with van der Waals surface area (Å²) < 4.78 is 5.16. The molecule has 0 fully saturated rings. The van der Waals surface area contributed by atoms with Gasteiger partial charge < -0.3 is 10.5 Å². The maximum absolute atomic E-state index is 5.90. The van der Waals surface area contributed by atoms with Gasteiger partial charge in [-0.2, -0.15) is 0 Å². The van der Waals surface area contributed by atoms with E-state index in [1.807, 2.05) is 26.0 Å². The van der Waals surface area contributed by atoms with Crippen LogP contribution in [0.2, 0.25) is 0 Å². The van der Waals surface area contributed by atoms with Crippen LogP contribution in [0.5, 0.6) is 5.88 Å². The SMILES string of the molecule is CCC(N)c1ccc(C)nc1OC. The first-order valence-corrected chi connectivity index (χ1v) is 4.46. The van der Waals surface area contributed by atoms with Gasteiger partial charge >= 0.3 is 0 Å². The zero-order valence-electron chi connectivity index (χ0n) is 8.37. The van der Waals surface area contributed by atoms with Crippen molar-refractivity contribution in [3.05, 3.63) is 23.4 Å². The summed E-state index contributed by atoms with van der Waals surface area (Å²) in [6.07, 6.45) is 0.890. The molecule has 0 amide bonds.